The highest BCUT2D eigenvalue weighted by molar-refractivity contribution is 7.85. The van der Waals surface area contributed by atoms with Crippen molar-refractivity contribution in [3.8, 4) is 11.1 Å². The van der Waals surface area contributed by atoms with Crippen LogP contribution in [0.4, 0.5) is 5.88 Å². The SMILES string of the molecule is CC(C)(C)c1cc(NC(=O)Cc2ccc(-c3ccc(CCCN4CCOCC4)nc3)cc2)on1.CS(=O)(=O)O. The van der Waals surface area contributed by atoms with Crippen LogP contribution in [0.1, 0.15) is 44.1 Å². The highest BCUT2D eigenvalue weighted by atomic mass is 32.2. The summed E-state index contributed by atoms with van der Waals surface area (Å²) in [5.74, 6) is 0.245. The highest BCUT2D eigenvalue weighted by Gasteiger charge is 2.19. The maximum absolute atomic E-state index is 12.4. The summed E-state index contributed by atoms with van der Waals surface area (Å²) < 4.78 is 36.5. The molecule has 1 aliphatic rings. The van der Waals surface area contributed by atoms with Crippen molar-refractivity contribution in [3.63, 3.8) is 0 Å². The predicted molar refractivity (Wildman–Crippen MR) is 150 cm³/mol. The Bertz CT molecular complexity index is 1290. The largest absolute Gasteiger partial charge is 0.379 e. The van der Waals surface area contributed by atoms with E-state index in [0.717, 1.165) is 73.8 Å². The van der Waals surface area contributed by atoms with Gasteiger partial charge in [0, 0.05) is 42.0 Å². The van der Waals surface area contributed by atoms with E-state index in [-0.39, 0.29) is 17.7 Å². The summed E-state index contributed by atoms with van der Waals surface area (Å²) in [6.45, 7) is 11.0. The molecule has 0 atom stereocenters. The molecule has 3 heterocycles. The van der Waals surface area contributed by atoms with Crippen LogP contribution in [0.15, 0.2) is 53.2 Å². The van der Waals surface area contributed by atoms with Gasteiger partial charge in [0.15, 0.2) is 0 Å². The Morgan fingerprint density at radius 2 is 1.72 bits per heavy atom. The van der Waals surface area contributed by atoms with Gasteiger partial charge in [-0.3, -0.25) is 24.5 Å². The minimum Gasteiger partial charge on any atom is -0.379 e. The first-order valence-corrected chi connectivity index (χ1v) is 14.8. The van der Waals surface area contributed by atoms with Gasteiger partial charge in [-0.15, -0.1) is 0 Å². The number of nitrogens with zero attached hydrogens (tertiary/aromatic N) is 3. The zero-order valence-corrected chi connectivity index (χ0v) is 23.8. The van der Waals surface area contributed by atoms with Crippen molar-refractivity contribution in [2.75, 3.05) is 44.4 Å². The molecule has 212 valence electrons. The predicted octanol–water partition coefficient (Wildman–Crippen LogP) is 3.98. The summed E-state index contributed by atoms with van der Waals surface area (Å²) in [7, 11) is -3.67. The number of anilines is 1. The number of pyridine rings is 1. The lowest BCUT2D eigenvalue weighted by atomic mass is 9.92. The standard InChI is InChI=1S/C27H34N4O3.CH4O3S/c1-27(2,3)24-18-26(34-30-24)29-25(32)17-20-6-8-21(9-7-20)22-10-11-23(28-19-22)5-4-12-31-13-15-33-16-14-31;1-5(2,3)4/h6-11,18-19H,4-5,12-17H2,1-3H3,(H,29,32);1H3,(H,2,3,4). The molecule has 11 heteroatoms. The summed E-state index contributed by atoms with van der Waals surface area (Å²) in [5.41, 5.74) is 4.89. The van der Waals surface area contributed by atoms with Crippen LogP contribution in [-0.2, 0) is 37.9 Å². The number of ether oxygens (including phenoxy) is 1. The topological polar surface area (TPSA) is 135 Å². The number of hydrogen-bond acceptors (Lipinski definition) is 8. The first kappa shape index (κ1) is 30.4. The molecule has 1 amide bonds. The van der Waals surface area contributed by atoms with Crippen LogP contribution in [0, 0.1) is 0 Å². The second kappa shape index (κ2) is 13.8. The minimum atomic E-state index is -3.67. The van der Waals surface area contributed by atoms with E-state index in [2.05, 4.69) is 32.5 Å². The van der Waals surface area contributed by atoms with Gasteiger partial charge in [-0.25, -0.2) is 0 Å². The van der Waals surface area contributed by atoms with Crippen LogP contribution in [0.25, 0.3) is 11.1 Å². The first-order valence-electron chi connectivity index (χ1n) is 12.9. The van der Waals surface area contributed by atoms with Crippen molar-refractivity contribution >= 4 is 21.9 Å². The first-order chi connectivity index (χ1) is 18.4. The number of carbonyl (C=O) groups is 1. The van der Waals surface area contributed by atoms with Crippen LogP contribution < -0.4 is 5.32 Å². The minimum absolute atomic E-state index is 0.127. The van der Waals surface area contributed by atoms with Gasteiger partial charge in [-0.05, 0) is 36.6 Å². The lowest BCUT2D eigenvalue weighted by molar-refractivity contribution is -0.115. The van der Waals surface area contributed by atoms with Crippen molar-refractivity contribution in [3.05, 3.63) is 65.6 Å². The van der Waals surface area contributed by atoms with Gasteiger partial charge < -0.3 is 9.26 Å². The van der Waals surface area contributed by atoms with E-state index < -0.39 is 10.1 Å². The second-order valence-electron chi connectivity index (χ2n) is 10.6. The Morgan fingerprint density at radius 3 is 2.28 bits per heavy atom. The highest BCUT2D eigenvalue weighted by Crippen LogP contribution is 2.24. The van der Waals surface area contributed by atoms with Crippen molar-refractivity contribution < 1.29 is 27.0 Å². The number of carbonyl (C=O) groups excluding carboxylic acids is 1. The number of amides is 1. The molecule has 0 radical (unpaired) electrons. The smallest absolute Gasteiger partial charge is 0.261 e. The van der Waals surface area contributed by atoms with Crippen molar-refractivity contribution in [2.24, 2.45) is 0 Å². The summed E-state index contributed by atoms with van der Waals surface area (Å²) in [5, 5.41) is 6.82. The van der Waals surface area contributed by atoms with Gasteiger partial charge in [-0.2, -0.15) is 8.42 Å². The fraction of sp³-hybridized carbons (Fsp3) is 0.464. The van der Waals surface area contributed by atoms with Crippen LogP contribution in [0.2, 0.25) is 0 Å². The number of nitrogens with one attached hydrogen (secondary N) is 1. The molecule has 0 spiro atoms. The van der Waals surface area contributed by atoms with Gasteiger partial charge in [0.05, 0.1) is 31.6 Å². The van der Waals surface area contributed by atoms with Crippen LogP contribution in [-0.4, -0.2) is 73.0 Å². The molecule has 39 heavy (non-hydrogen) atoms. The number of aromatic nitrogens is 2. The number of aryl methyl sites for hydroxylation is 1. The van der Waals surface area contributed by atoms with E-state index in [1.165, 1.54) is 0 Å². The van der Waals surface area contributed by atoms with Crippen LogP contribution >= 0.6 is 0 Å². The Morgan fingerprint density at radius 1 is 1.08 bits per heavy atom. The molecule has 0 aliphatic carbocycles. The quantitative estimate of drug-likeness (QED) is 0.394. The number of rotatable bonds is 8. The van der Waals surface area contributed by atoms with Gasteiger partial charge in [-0.1, -0.05) is 56.3 Å². The zero-order valence-electron chi connectivity index (χ0n) is 23.0. The summed E-state index contributed by atoms with van der Waals surface area (Å²) in [4.78, 5) is 19.5. The molecule has 1 saturated heterocycles. The lowest BCUT2D eigenvalue weighted by Gasteiger charge is -2.26. The van der Waals surface area contributed by atoms with Gasteiger partial charge in [0.25, 0.3) is 10.1 Å². The summed E-state index contributed by atoms with van der Waals surface area (Å²) in [6, 6.07) is 14.0. The Kier molecular flexibility index (Phi) is 10.8. The fourth-order valence-electron chi connectivity index (χ4n) is 3.92. The summed E-state index contributed by atoms with van der Waals surface area (Å²) in [6.07, 6.45) is 5.00. The molecule has 0 saturated carbocycles. The third kappa shape index (κ3) is 11.3. The molecular formula is C28H38N4O6S. The fourth-order valence-corrected chi connectivity index (χ4v) is 3.92. The van der Waals surface area contributed by atoms with E-state index in [4.69, 9.17) is 13.8 Å². The molecule has 0 bridgehead atoms. The zero-order chi connectivity index (χ0) is 28.5. The number of morpholine rings is 1. The molecule has 1 fully saturated rings. The lowest BCUT2D eigenvalue weighted by Crippen LogP contribution is -2.36. The van der Waals surface area contributed by atoms with E-state index >= 15 is 0 Å². The average molecular weight is 559 g/mol. The molecular weight excluding hydrogens is 520 g/mol. The number of hydrogen-bond donors (Lipinski definition) is 2. The average Bonchev–Trinajstić information content (AvgIpc) is 3.34. The monoisotopic (exact) mass is 558 g/mol. The van der Waals surface area contributed by atoms with E-state index in [9.17, 15) is 13.2 Å². The third-order valence-electron chi connectivity index (χ3n) is 6.03. The molecule has 2 aromatic heterocycles. The number of benzene rings is 1. The Hall–Kier alpha value is -3.12. The molecule has 2 N–H and O–H groups in total. The van der Waals surface area contributed by atoms with Crippen molar-refractivity contribution in [1.29, 1.82) is 0 Å². The Balaban J connectivity index is 0.000000771. The van der Waals surface area contributed by atoms with Gasteiger partial charge in [0.2, 0.25) is 11.8 Å². The van der Waals surface area contributed by atoms with Gasteiger partial charge in [0.1, 0.15) is 0 Å². The third-order valence-corrected chi connectivity index (χ3v) is 6.03. The van der Waals surface area contributed by atoms with Crippen molar-refractivity contribution in [2.45, 2.75) is 45.4 Å². The van der Waals surface area contributed by atoms with Crippen molar-refractivity contribution in [1.82, 2.24) is 15.0 Å². The molecule has 3 aromatic rings. The molecule has 0 unspecified atom stereocenters. The van der Waals surface area contributed by atoms with Gasteiger partial charge >= 0.3 is 0 Å². The molecule has 1 aromatic carbocycles. The van der Waals surface area contributed by atoms with Crippen LogP contribution in [0.5, 0.6) is 0 Å². The molecule has 10 nitrogen and oxygen atoms in total. The summed E-state index contributed by atoms with van der Waals surface area (Å²) >= 11 is 0. The Labute approximate surface area is 230 Å². The molecule has 4 rings (SSSR count). The maximum Gasteiger partial charge on any atom is 0.261 e. The second-order valence-corrected chi connectivity index (χ2v) is 12.0. The van der Waals surface area contributed by atoms with E-state index in [0.29, 0.717) is 12.1 Å². The normalized spacial score (nSPS) is 14.4. The molecule has 1 aliphatic heterocycles. The van der Waals surface area contributed by atoms with Crippen LogP contribution in [0.3, 0.4) is 0 Å². The van der Waals surface area contributed by atoms with E-state index in [1.807, 2.05) is 51.2 Å². The maximum atomic E-state index is 12.4. The van der Waals surface area contributed by atoms with E-state index in [1.54, 1.807) is 6.07 Å².